The summed E-state index contributed by atoms with van der Waals surface area (Å²) in [5.74, 6) is 0.650. The van der Waals surface area contributed by atoms with Crippen LogP contribution in [-0.4, -0.2) is 47.3 Å². The number of rotatable bonds is 5. The summed E-state index contributed by atoms with van der Waals surface area (Å²) in [6.07, 6.45) is 4.83. The first-order valence-corrected chi connectivity index (χ1v) is 15.9. The molecule has 9 nitrogen and oxygen atoms in total. The van der Waals surface area contributed by atoms with Crippen LogP contribution in [0.25, 0.3) is 23.0 Å². The van der Waals surface area contributed by atoms with Crippen LogP contribution in [0, 0.1) is 13.8 Å². The summed E-state index contributed by atoms with van der Waals surface area (Å²) in [4.78, 5) is 24.8. The van der Waals surface area contributed by atoms with Crippen molar-refractivity contribution in [3.63, 3.8) is 0 Å². The van der Waals surface area contributed by atoms with Crippen molar-refractivity contribution < 1.29 is 9.21 Å². The number of hydrogen-bond donors (Lipinski definition) is 0. The third-order valence-corrected chi connectivity index (χ3v) is 7.54. The van der Waals surface area contributed by atoms with Gasteiger partial charge in [-0.05, 0) is 49.9 Å². The molecule has 0 spiro atoms. The molecule has 5 aromatic rings. The molecule has 0 N–H and O–H groups in total. The molecule has 4 aromatic heterocycles. The van der Waals surface area contributed by atoms with Gasteiger partial charge in [0, 0.05) is 43.4 Å². The molecule has 6 rings (SSSR count). The fraction of sp³-hybridized carbons (Fsp3) is 0.394. The Hall–Kier alpha value is -4.18. The topological polar surface area (TPSA) is 103 Å². The lowest BCUT2D eigenvalue weighted by molar-refractivity contribution is 0.0735. The predicted octanol–water partition coefficient (Wildman–Crippen LogP) is 7.88. The Balaban J connectivity index is 0.000000359. The molecule has 1 fully saturated rings. The summed E-state index contributed by atoms with van der Waals surface area (Å²) in [6.45, 7) is 14.5. The van der Waals surface area contributed by atoms with Gasteiger partial charge in [-0.1, -0.05) is 65.0 Å². The van der Waals surface area contributed by atoms with Gasteiger partial charge in [0.15, 0.2) is 0 Å². The standard InChI is InChI=1S/C21H21N7O2S.C8H10.2C2H6/c1-12-11-31-20(22-12)18-5-4-7-28(18)21(29)14-9-16(15-6-8-27(3)26-15)23-17(10-14)19-25-24-13(2)30-19;1-2-8-6-4-3-5-7-8;2*1-2/h6,8-11,18H,4-5,7H2,1-3H3;3-7H,2H2,1H3;2*1-2H3. The van der Waals surface area contributed by atoms with Crippen LogP contribution in [0.4, 0.5) is 0 Å². The Morgan fingerprint density at radius 1 is 0.977 bits per heavy atom. The number of amides is 1. The van der Waals surface area contributed by atoms with E-state index in [-0.39, 0.29) is 17.8 Å². The number of thiazole rings is 1. The number of carbonyl (C=O) groups excluding carboxylic acids is 1. The Morgan fingerprint density at radius 2 is 1.70 bits per heavy atom. The van der Waals surface area contributed by atoms with Gasteiger partial charge in [-0.3, -0.25) is 9.48 Å². The number of carbonyl (C=O) groups is 1. The molecule has 0 bridgehead atoms. The summed E-state index contributed by atoms with van der Waals surface area (Å²) in [7, 11) is 1.84. The lowest BCUT2D eigenvalue weighted by Gasteiger charge is -2.23. The average Bonchev–Trinajstić information content (AvgIpc) is 3.88. The van der Waals surface area contributed by atoms with E-state index in [0.29, 0.717) is 35.1 Å². The van der Waals surface area contributed by atoms with Crippen LogP contribution in [0.2, 0.25) is 0 Å². The second-order valence-corrected chi connectivity index (χ2v) is 10.3. The van der Waals surface area contributed by atoms with E-state index in [0.717, 1.165) is 30.0 Å². The van der Waals surface area contributed by atoms with Crippen LogP contribution >= 0.6 is 11.3 Å². The van der Waals surface area contributed by atoms with E-state index >= 15 is 0 Å². The zero-order chi connectivity index (χ0) is 31.4. The first kappa shape index (κ1) is 33.3. The summed E-state index contributed by atoms with van der Waals surface area (Å²) >= 11 is 1.61. The smallest absolute Gasteiger partial charge is 0.266 e. The molecule has 5 heterocycles. The molecular weight excluding hydrogens is 558 g/mol. The Kier molecular flexibility index (Phi) is 12.8. The van der Waals surface area contributed by atoms with Crippen LogP contribution in [0.5, 0.6) is 0 Å². The van der Waals surface area contributed by atoms with Gasteiger partial charge in [-0.15, -0.1) is 21.5 Å². The van der Waals surface area contributed by atoms with Crippen molar-refractivity contribution >= 4 is 17.2 Å². The highest BCUT2D eigenvalue weighted by atomic mass is 32.1. The Labute approximate surface area is 259 Å². The molecular formula is C33H43N7O2S. The van der Waals surface area contributed by atoms with Gasteiger partial charge < -0.3 is 9.32 Å². The maximum atomic E-state index is 13.6. The first-order valence-electron chi connectivity index (χ1n) is 15.0. The minimum Gasteiger partial charge on any atom is -0.420 e. The van der Waals surface area contributed by atoms with Gasteiger partial charge in [0.05, 0.1) is 11.7 Å². The van der Waals surface area contributed by atoms with Crippen molar-refractivity contribution in [2.45, 2.75) is 73.8 Å². The van der Waals surface area contributed by atoms with E-state index in [9.17, 15) is 4.79 Å². The highest BCUT2D eigenvalue weighted by molar-refractivity contribution is 7.09. The zero-order valence-corrected chi connectivity index (χ0v) is 27.4. The molecule has 1 unspecified atom stereocenters. The van der Waals surface area contributed by atoms with Crippen LogP contribution in [0.1, 0.15) is 86.0 Å². The van der Waals surface area contributed by atoms with Gasteiger partial charge in [0.2, 0.25) is 5.89 Å². The minimum absolute atomic E-state index is 0.00763. The molecule has 0 saturated carbocycles. The first-order chi connectivity index (χ1) is 20.9. The Bertz CT molecular complexity index is 1500. The zero-order valence-electron chi connectivity index (χ0n) is 26.5. The highest BCUT2D eigenvalue weighted by Crippen LogP contribution is 2.35. The third-order valence-electron chi connectivity index (χ3n) is 6.48. The number of hydrogen-bond acceptors (Lipinski definition) is 8. The van der Waals surface area contributed by atoms with Crippen molar-refractivity contribution in [2.75, 3.05) is 6.54 Å². The van der Waals surface area contributed by atoms with Crippen molar-refractivity contribution in [1.82, 2.24) is 34.8 Å². The lowest BCUT2D eigenvalue weighted by atomic mass is 10.1. The van der Waals surface area contributed by atoms with Crippen LogP contribution in [0.15, 0.2) is 64.5 Å². The van der Waals surface area contributed by atoms with Gasteiger partial charge in [0.1, 0.15) is 16.4 Å². The third kappa shape index (κ3) is 8.67. The summed E-state index contributed by atoms with van der Waals surface area (Å²) in [5, 5.41) is 15.4. The molecule has 1 aliphatic heterocycles. The maximum Gasteiger partial charge on any atom is 0.266 e. The van der Waals surface area contributed by atoms with E-state index in [2.05, 4.69) is 56.5 Å². The molecule has 0 radical (unpaired) electrons. The second kappa shape index (κ2) is 16.5. The molecule has 1 aromatic carbocycles. The fourth-order valence-corrected chi connectivity index (χ4v) is 5.46. The molecule has 0 aliphatic carbocycles. The second-order valence-electron chi connectivity index (χ2n) is 9.45. The normalized spacial score (nSPS) is 13.7. The molecule has 10 heteroatoms. The number of pyridine rings is 1. The number of aryl methyl sites for hydroxylation is 4. The highest BCUT2D eigenvalue weighted by Gasteiger charge is 2.33. The molecule has 1 saturated heterocycles. The van der Waals surface area contributed by atoms with Gasteiger partial charge in [0.25, 0.3) is 11.8 Å². The van der Waals surface area contributed by atoms with E-state index in [4.69, 9.17) is 4.42 Å². The number of aromatic nitrogens is 6. The monoisotopic (exact) mass is 601 g/mol. The fourth-order valence-electron chi connectivity index (χ4n) is 4.52. The molecule has 43 heavy (non-hydrogen) atoms. The van der Waals surface area contributed by atoms with Gasteiger partial charge in [-0.25, -0.2) is 9.97 Å². The van der Waals surface area contributed by atoms with Gasteiger partial charge >= 0.3 is 0 Å². The van der Waals surface area contributed by atoms with Crippen LogP contribution in [0.3, 0.4) is 0 Å². The summed E-state index contributed by atoms with van der Waals surface area (Å²) in [6, 6.07) is 15.8. The number of nitrogens with zero attached hydrogens (tertiary/aromatic N) is 7. The van der Waals surface area contributed by atoms with Crippen molar-refractivity contribution in [2.24, 2.45) is 7.05 Å². The molecule has 228 valence electrons. The SMILES string of the molecule is CC.CC.CCc1ccccc1.Cc1csc(C2CCCN2C(=O)c2cc(-c3ccn(C)n3)nc(-c3nnc(C)o3)c2)n1. The van der Waals surface area contributed by atoms with E-state index in [1.807, 2.05) is 70.3 Å². The van der Waals surface area contributed by atoms with Crippen molar-refractivity contribution in [1.29, 1.82) is 0 Å². The number of benzene rings is 1. The molecule has 1 amide bonds. The largest absolute Gasteiger partial charge is 0.420 e. The van der Waals surface area contributed by atoms with E-state index in [1.54, 1.807) is 35.1 Å². The molecule has 1 aliphatic rings. The van der Waals surface area contributed by atoms with Crippen molar-refractivity contribution in [3.8, 4) is 23.0 Å². The lowest BCUT2D eigenvalue weighted by Crippen LogP contribution is -2.30. The van der Waals surface area contributed by atoms with Gasteiger partial charge in [-0.2, -0.15) is 5.10 Å². The van der Waals surface area contributed by atoms with Crippen molar-refractivity contribution in [3.05, 3.63) is 87.8 Å². The average molecular weight is 602 g/mol. The predicted molar refractivity (Wildman–Crippen MR) is 173 cm³/mol. The molecule has 1 atom stereocenters. The summed E-state index contributed by atoms with van der Waals surface area (Å²) < 4.78 is 7.27. The summed E-state index contributed by atoms with van der Waals surface area (Å²) in [5.41, 5.74) is 4.61. The van der Waals surface area contributed by atoms with Crippen LogP contribution < -0.4 is 0 Å². The van der Waals surface area contributed by atoms with E-state index in [1.165, 1.54) is 5.56 Å². The van der Waals surface area contributed by atoms with E-state index < -0.39 is 0 Å². The Morgan fingerprint density at radius 3 is 2.26 bits per heavy atom. The van der Waals surface area contributed by atoms with Crippen LogP contribution in [-0.2, 0) is 13.5 Å². The maximum absolute atomic E-state index is 13.6. The number of likely N-dealkylation sites (tertiary alicyclic amines) is 1. The quantitative estimate of drug-likeness (QED) is 0.202. The minimum atomic E-state index is -0.0626.